The van der Waals surface area contributed by atoms with Crippen molar-refractivity contribution in [1.82, 2.24) is 0 Å². The van der Waals surface area contributed by atoms with Gasteiger partial charge in [-0.05, 0) is 42.9 Å². The van der Waals surface area contributed by atoms with E-state index in [1.54, 1.807) is 0 Å². The van der Waals surface area contributed by atoms with Crippen LogP contribution in [0.2, 0.25) is 0 Å². The van der Waals surface area contributed by atoms with Crippen molar-refractivity contribution in [1.29, 1.82) is 0 Å². The summed E-state index contributed by atoms with van der Waals surface area (Å²) in [6.45, 7) is 0.803. The van der Waals surface area contributed by atoms with Crippen LogP contribution in [0.4, 0.5) is 0 Å². The van der Waals surface area contributed by atoms with Gasteiger partial charge in [0.25, 0.3) is 0 Å². The van der Waals surface area contributed by atoms with Gasteiger partial charge in [0.1, 0.15) is 0 Å². The molecule has 0 spiro atoms. The van der Waals surface area contributed by atoms with E-state index >= 15 is 0 Å². The number of fused-ring (bicyclic) bond motifs is 1. The van der Waals surface area contributed by atoms with Gasteiger partial charge in [0, 0.05) is 0 Å². The van der Waals surface area contributed by atoms with E-state index in [4.69, 9.17) is 5.73 Å². The largest absolute Gasteiger partial charge is 0.330 e. The summed E-state index contributed by atoms with van der Waals surface area (Å²) in [6.07, 6.45) is 3.82. The van der Waals surface area contributed by atoms with Crippen molar-refractivity contribution in [3.8, 4) is 0 Å². The molecule has 2 N–H and O–H groups in total. The van der Waals surface area contributed by atoms with Gasteiger partial charge in [-0.15, -0.1) is 0 Å². The van der Waals surface area contributed by atoms with Gasteiger partial charge in [-0.25, -0.2) is 0 Å². The van der Waals surface area contributed by atoms with Crippen molar-refractivity contribution in [3.63, 3.8) is 0 Å². The van der Waals surface area contributed by atoms with Crippen LogP contribution in [-0.2, 0) is 6.42 Å². The van der Waals surface area contributed by atoms with Gasteiger partial charge in [0.05, 0.1) is 0 Å². The first-order valence-corrected chi connectivity index (χ1v) is 4.69. The summed E-state index contributed by atoms with van der Waals surface area (Å²) in [4.78, 5) is 0. The molecule has 0 saturated carbocycles. The molecule has 0 bridgehead atoms. The SMILES string of the molecule is NC[C@@H]1CCCc2ccccc21. The van der Waals surface area contributed by atoms with E-state index in [2.05, 4.69) is 24.3 Å². The second kappa shape index (κ2) is 3.28. The summed E-state index contributed by atoms with van der Waals surface area (Å²) < 4.78 is 0. The van der Waals surface area contributed by atoms with Crippen molar-refractivity contribution in [2.45, 2.75) is 25.2 Å². The Labute approximate surface area is 73.6 Å². The Balaban J connectivity index is 2.37. The van der Waals surface area contributed by atoms with Crippen LogP contribution in [0, 0.1) is 0 Å². The van der Waals surface area contributed by atoms with Gasteiger partial charge < -0.3 is 5.73 Å². The first-order chi connectivity index (χ1) is 5.92. The predicted octanol–water partition coefficient (Wildman–Crippen LogP) is 2.07. The van der Waals surface area contributed by atoms with E-state index in [1.807, 2.05) is 0 Å². The van der Waals surface area contributed by atoms with Crippen LogP contribution in [0.25, 0.3) is 0 Å². The van der Waals surface area contributed by atoms with E-state index in [0.717, 1.165) is 6.54 Å². The molecule has 0 radical (unpaired) electrons. The number of hydrogen-bond donors (Lipinski definition) is 1. The fourth-order valence-electron chi connectivity index (χ4n) is 2.10. The van der Waals surface area contributed by atoms with Crippen LogP contribution in [0.1, 0.15) is 29.9 Å². The molecule has 2 rings (SSSR count). The summed E-state index contributed by atoms with van der Waals surface area (Å²) >= 11 is 0. The minimum atomic E-state index is 0.620. The van der Waals surface area contributed by atoms with Crippen LogP contribution >= 0.6 is 0 Å². The van der Waals surface area contributed by atoms with Gasteiger partial charge in [-0.1, -0.05) is 24.3 Å². The number of rotatable bonds is 1. The Morgan fingerprint density at radius 2 is 2.17 bits per heavy atom. The molecule has 0 aliphatic heterocycles. The third-order valence-corrected chi connectivity index (χ3v) is 2.78. The zero-order chi connectivity index (χ0) is 8.39. The zero-order valence-electron chi connectivity index (χ0n) is 7.29. The number of benzene rings is 1. The van der Waals surface area contributed by atoms with E-state index in [1.165, 1.54) is 30.4 Å². The fraction of sp³-hybridized carbons (Fsp3) is 0.455. The molecule has 64 valence electrons. The van der Waals surface area contributed by atoms with Crippen LogP contribution in [0.5, 0.6) is 0 Å². The quantitative estimate of drug-likeness (QED) is 0.670. The fourth-order valence-corrected chi connectivity index (χ4v) is 2.10. The molecule has 0 fully saturated rings. The lowest BCUT2D eigenvalue weighted by molar-refractivity contribution is 0.561. The Kier molecular flexibility index (Phi) is 2.13. The van der Waals surface area contributed by atoms with Crippen molar-refractivity contribution < 1.29 is 0 Å². The Bertz CT molecular complexity index is 267. The molecular weight excluding hydrogens is 146 g/mol. The number of aryl methyl sites for hydroxylation is 1. The standard InChI is InChI=1S/C11H15N/c12-8-10-6-3-5-9-4-1-2-7-11(9)10/h1-2,4,7,10H,3,5-6,8,12H2/t10-/m0/s1. The summed E-state index contributed by atoms with van der Waals surface area (Å²) in [5.74, 6) is 0.620. The lowest BCUT2D eigenvalue weighted by Crippen LogP contribution is -2.17. The molecule has 0 amide bonds. The molecule has 0 aromatic heterocycles. The highest BCUT2D eigenvalue weighted by Gasteiger charge is 2.17. The van der Waals surface area contributed by atoms with Gasteiger partial charge in [0.15, 0.2) is 0 Å². The highest BCUT2D eigenvalue weighted by atomic mass is 14.6. The van der Waals surface area contributed by atoms with Crippen molar-refractivity contribution in [2.75, 3.05) is 6.54 Å². The normalized spacial score (nSPS) is 21.9. The molecule has 1 nitrogen and oxygen atoms in total. The van der Waals surface area contributed by atoms with Crippen molar-refractivity contribution in [2.24, 2.45) is 5.73 Å². The van der Waals surface area contributed by atoms with E-state index in [9.17, 15) is 0 Å². The first kappa shape index (κ1) is 7.81. The summed E-state index contributed by atoms with van der Waals surface area (Å²) in [5, 5.41) is 0. The number of hydrogen-bond acceptors (Lipinski definition) is 1. The monoisotopic (exact) mass is 161 g/mol. The van der Waals surface area contributed by atoms with Crippen LogP contribution in [-0.4, -0.2) is 6.54 Å². The molecule has 1 aromatic rings. The second-order valence-corrected chi connectivity index (χ2v) is 3.52. The third kappa shape index (κ3) is 1.25. The molecule has 0 saturated heterocycles. The van der Waals surface area contributed by atoms with Gasteiger partial charge in [-0.2, -0.15) is 0 Å². The third-order valence-electron chi connectivity index (χ3n) is 2.78. The van der Waals surface area contributed by atoms with Crippen LogP contribution in [0.15, 0.2) is 24.3 Å². The molecule has 0 unspecified atom stereocenters. The highest BCUT2D eigenvalue weighted by molar-refractivity contribution is 5.32. The maximum atomic E-state index is 5.72. The lowest BCUT2D eigenvalue weighted by Gasteiger charge is -2.23. The second-order valence-electron chi connectivity index (χ2n) is 3.52. The molecule has 1 aliphatic rings. The zero-order valence-corrected chi connectivity index (χ0v) is 7.29. The maximum absolute atomic E-state index is 5.72. The molecule has 0 heterocycles. The molecule has 1 aliphatic carbocycles. The smallest absolute Gasteiger partial charge is 0.000813 e. The minimum Gasteiger partial charge on any atom is -0.330 e. The Morgan fingerprint density at radius 1 is 1.33 bits per heavy atom. The van der Waals surface area contributed by atoms with Gasteiger partial charge >= 0.3 is 0 Å². The molecular formula is C11H15N. The highest BCUT2D eigenvalue weighted by Crippen LogP contribution is 2.30. The van der Waals surface area contributed by atoms with Crippen LogP contribution < -0.4 is 5.73 Å². The summed E-state index contributed by atoms with van der Waals surface area (Å²) in [7, 11) is 0. The Morgan fingerprint density at radius 3 is 3.00 bits per heavy atom. The van der Waals surface area contributed by atoms with Gasteiger partial charge in [0.2, 0.25) is 0 Å². The van der Waals surface area contributed by atoms with E-state index in [-0.39, 0.29) is 0 Å². The predicted molar refractivity (Wildman–Crippen MR) is 51.2 cm³/mol. The topological polar surface area (TPSA) is 26.0 Å². The molecule has 1 heteroatoms. The van der Waals surface area contributed by atoms with E-state index in [0.29, 0.717) is 5.92 Å². The molecule has 12 heavy (non-hydrogen) atoms. The number of nitrogens with two attached hydrogens (primary N) is 1. The van der Waals surface area contributed by atoms with Crippen molar-refractivity contribution >= 4 is 0 Å². The average molecular weight is 161 g/mol. The van der Waals surface area contributed by atoms with Gasteiger partial charge in [-0.3, -0.25) is 0 Å². The summed E-state index contributed by atoms with van der Waals surface area (Å²) in [5.41, 5.74) is 8.72. The van der Waals surface area contributed by atoms with Crippen molar-refractivity contribution in [3.05, 3.63) is 35.4 Å². The maximum Gasteiger partial charge on any atom is -0.000813 e. The lowest BCUT2D eigenvalue weighted by atomic mass is 9.83. The molecule has 1 aromatic carbocycles. The Hall–Kier alpha value is -0.820. The summed E-state index contributed by atoms with van der Waals surface area (Å²) in [6, 6.07) is 8.70. The van der Waals surface area contributed by atoms with Crippen LogP contribution in [0.3, 0.4) is 0 Å². The minimum absolute atomic E-state index is 0.620. The molecule has 1 atom stereocenters. The average Bonchev–Trinajstić information content (AvgIpc) is 2.17. The first-order valence-electron chi connectivity index (χ1n) is 4.69. The van der Waals surface area contributed by atoms with E-state index < -0.39 is 0 Å².